The lowest BCUT2D eigenvalue weighted by molar-refractivity contribution is 0.182. The highest BCUT2D eigenvalue weighted by Crippen LogP contribution is 2.26. The maximum absolute atomic E-state index is 11.8. The van der Waals surface area contributed by atoms with Crippen molar-refractivity contribution in [3.8, 4) is 16.9 Å². The average Bonchev–Trinajstić information content (AvgIpc) is 3.13. The first kappa shape index (κ1) is 20.1. The minimum Gasteiger partial charge on any atom is -0.296 e. The van der Waals surface area contributed by atoms with Crippen LogP contribution in [0.5, 0.6) is 0 Å². The molecule has 8 heteroatoms. The third-order valence-electron chi connectivity index (χ3n) is 5.12. The maximum atomic E-state index is 11.8. The molecule has 0 N–H and O–H groups in total. The van der Waals surface area contributed by atoms with E-state index in [4.69, 9.17) is 16.7 Å². The van der Waals surface area contributed by atoms with Crippen molar-refractivity contribution in [3.05, 3.63) is 71.4 Å². The molecule has 0 spiro atoms. The Morgan fingerprint density at radius 1 is 0.966 bits per heavy atom. The summed E-state index contributed by atoms with van der Waals surface area (Å²) >= 11 is 6.06. The molecule has 0 unspecified atom stereocenters. The molecule has 2 aromatic carbocycles. The number of nitrogens with zero attached hydrogens (tertiary/aromatic N) is 4. The number of halogens is 1. The van der Waals surface area contributed by atoms with E-state index in [1.807, 2.05) is 59.3 Å². The third-order valence-corrected chi connectivity index (χ3v) is 6.68. The molecule has 6 nitrogen and oxygen atoms in total. The van der Waals surface area contributed by atoms with Crippen molar-refractivity contribution in [2.45, 2.75) is 6.54 Å². The van der Waals surface area contributed by atoms with Crippen LogP contribution < -0.4 is 0 Å². The molecule has 1 aromatic heterocycles. The molecule has 1 fully saturated rings. The van der Waals surface area contributed by atoms with Gasteiger partial charge in [0.1, 0.15) is 0 Å². The van der Waals surface area contributed by atoms with Crippen LogP contribution in [0.15, 0.2) is 60.8 Å². The van der Waals surface area contributed by atoms with Gasteiger partial charge in [0.25, 0.3) is 0 Å². The molecule has 152 valence electrons. The van der Waals surface area contributed by atoms with Gasteiger partial charge in [-0.25, -0.2) is 13.1 Å². The molecule has 29 heavy (non-hydrogen) atoms. The van der Waals surface area contributed by atoms with E-state index in [-0.39, 0.29) is 0 Å². The Balaban J connectivity index is 1.61. The Bertz CT molecular complexity index is 1070. The van der Waals surface area contributed by atoms with Crippen molar-refractivity contribution < 1.29 is 8.42 Å². The van der Waals surface area contributed by atoms with E-state index in [9.17, 15) is 8.42 Å². The van der Waals surface area contributed by atoms with Gasteiger partial charge < -0.3 is 0 Å². The number of hydrogen-bond acceptors (Lipinski definition) is 4. The molecule has 4 rings (SSSR count). The van der Waals surface area contributed by atoms with Crippen LogP contribution in [-0.4, -0.2) is 59.8 Å². The van der Waals surface area contributed by atoms with E-state index < -0.39 is 10.0 Å². The molecule has 1 aliphatic rings. The molecule has 3 aromatic rings. The van der Waals surface area contributed by atoms with Gasteiger partial charge in [-0.2, -0.15) is 9.40 Å². The summed E-state index contributed by atoms with van der Waals surface area (Å²) in [7, 11) is -3.13. The van der Waals surface area contributed by atoms with Gasteiger partial charge in [0.05, 0.1) is 17.6 Å². The van der Waals surface area contributed by atoms with Gasteiger partial charge >= 0.3 is 0 Å². The largest absolute Gasteiger partial charge is 0.296 e. The van der Waals surface area contributed by atoms with Crippen LogP contribution in [0.3, 0.4) is 0 Å². The number of hydrogen-bond donors (Lipinski definition) is 0. The number of para-hydroxylation sites is 1. The molecule has 0 amide bonds. The highest BCUT2D eigenvalue weighted by Gasteiger charge is 2.24. The zero-order chi connectivity index (χ0) is 20.4. The van der Waals surface area contributed by atoms with E-state index in [1.54, 1.807) is 0 Å². The van der Waals surface area contributed by atoms with Gasteiger partial charge in [0, 0.05) is 55.1 Å². The molecule has 0 aliphatic carbocycles. The summed E-state index contributed by atoms with van der Waals surface area (Å²) in [5, 5.41) is 5.53. The Morgan fingerprint density at radius 2 is 1.62 bits per heavy atom. The van der Waals surface area contributed by atoms with Gasteiger partial charge in [-0.15, -0.1) is 0 Å². The lowest BCUT2D eigenvalue weighted by Gasteiger charge is -2.33. The van der Waals surface area contributed by atoms with Crippen molar-refractivity contribution in [1.29, 1.82) is 0 Å². The van der Waals surface area contributed by atoms with Gasteiger partial charge in [0.15, 0.2) is 0 Å². The summed E-state index contributed by atoms with van der Waals surface area (Å²) in [4.78, 5) is 2.27. The Labute approximate surface area is 176 Å². The fourth-order valence-electron chi connectivity index (χ4n) is 3.55. The summed E-state index contributed by atoms with van der Waals surface area (Å²) in [6.07, 6.45) is 3.33. The Kier molecular flexibility index (Phi) is 5.74. The van der Waals surface area contributed by atoms with E-state index in [0.717, 1.165) is 22.5 Å². The van der Waals surface area contributed by atoms with E-state index in [2.05, 4.69) is 11.1 Å². The first-order valence-electron chi connectivity index (χ1n) is 9.47. The highest BCUT2D eigenvalue weighted by atomic mass is 35.5. The van der Waals surface area contributed by atoms with Crippen LogP contribution in [0.25, 0.3) is 16.9 Å². The molecule has 0 radical (unpaired) electrons. The van der Waals surface area contributed by atoms with Crippen LogP contribution in [0, 0.1) is 0 Å². The third kappa shape index (κ3) is 4.70. The van der Waals surface area contributed by atoms with Crippen molar-refractivity contribution in [2.24, 2.45) is 0 Å². The summed E-state index contributed by atoms with van der Waals surface area (Å²) in [5.74, 6) is 0. The summed E-state index contributed by atoms with van der Waals surface area (Å²) in [6.45, 7) is 3.14. The number of benzene rings is 2. The predicted octanol–water partition coefficient (Wildman–Crippen LogP) is 3.27. The summed E-state index contributed by atoms with van der Waals surface area (Å²) < 4.78 is 27.0. The lowest BCUT2D eigenvalue weighted by Crippen LogP contribution is -2.47. The summed E-state index contributed by atoms with van der Waals surface area (Å²) in [5.41, 5.74) is 4.02. The van der Waals surface area contributed by atoms with E-state index >= 15 is 0 Å². The summed E-state index contributed by atoms with van der Waals surface area (Å²) in [6, 6.07) is 17.7. The second-order valence-corrected chi connectivity index (χ2v) is 9.65. The first-order chi connectivity index (χ1) is 13.9. The second kappa shape index (κ2) is 8.28. The van der Waals surface area contributed by atoms with Crippen LogP contribution in [0.1, 0.15) is 5.56 Å². The number of sulfonamides is 1. The SMILES string of the molecule is CS(=O)(=O)N1CCN(Cc2cn(-c3ccccc3)nc2-c2ccc(Cl)cc2)CC1. The molecular weight excluding hydrogens is 408 g/mol. The fraction of sp³-hybridized carbons (Fsp3) is 0.286. The quantitative estimate of drug-likeness (QED) is 0.623. The second-order valence-electron chi connectivity index (χ2n) is 7.23. The maximum Gasteiger partial charge on any atom is 0.211 e. The van der Waals surface area contributed by atoms with Crippen molar-refractivity contribution >= 4 is 21.6 Å². The predicted molar refractivity (Wildman–Crippen MR) is 116 cm³/mol. The van der Waals surface area contributed by atoms with E-state index in [1.165, 1.54) is 10.6 Å². The Hall–Kier alpha value is -2.19. The molecular formula is C21H23ClN4O2S. The van der Waals surface area contributed by atoms with Crippen molar-refractivity contribution in [3.63, 3.8) is 0 Å². The zero-order valence-corrected chi connectivity index (χ0v) is 17.8. The van der Waals surface area contributed by atoms with Crippen LogP contribution >= 0.6 is 11.6 Å². The minimum atomic E-state index is -3.13. The molecule has 1 saturated heterocycles. The van der Waals surface area contributed by atoms with Crippen LogP contribution in [-0.2, 0) is 16.6 Å². The number of aromatic nitrogens is 2. The molecule has 0 bridgehead atoms. The van der Waals surface area contributed by atoms with Crippen molar-refractivity contribution in [2.75, 3.05) is 32.4 Å². The Morgan fingerprint density at radius 3 is 2.24 bits per heavy atom. The molecule has 0 atom stereocenters. The van der Waals surface area contributed by atoms with Gasteiger partial charge in [0.2, 0.25) is 10.0 Å². The highest BCUT2D eigenvalue weighted by molar-refractivity contribution is 7.88. The normalized spacial score (nSPS) is 16.2. The van der Waals surface area contributed by atoms with Crippen molar-refractivity contribution in [1.82, 2.24) is 19.0 Å². The molecule has 1 aliphatic heterocycles. The number of rotatable bonds is 5. The minimum absolute atomic E-state index is 0.516. The lowest BCUT2D eigenvalue weighted by atomic mass is 10.1. The standard InChI is InChI=1S/C21H23ClN4O2S/c1-29(27,28)25-13-11-24(12-14-25)15-18-16-26(20-5-3-2-4-6-20)23-21(18)17-7-9-19(22)10-8-17/h2-10,16H,11-15H2,1H3. The van der Waals surface area contributed by atoms with Gasteiger partial charge in [-0.3, -0.25) is 4.90 Å². The van der Waals surface area contributed by atoms with Crippen LogP contribution in [0.4, 0.5) is 0 Å². The topological polar surface area (TPSA) is 58.4 Å². The molecule has 0 saturated carbocycles. The van der Waals surface area contributed by atoms with E-state index in [0.29, 0.717) is 37.7 Å². The monoisotopic (exact) mass is 430 g/mol. The number of piperazine rings is 1. The average molecular weight is 431 g/mol. The van der Waals surface area contributed by atoms with Gasteiger partial charge in [-0.05, 0) is 24.3 Å². The zero-order valence-electron chi connectivity index (χ0n) is 16.2. The smallest absolute Gasteiger partial charge is 0.211 e. The van der Waals surface area contributed by atoms with Crippen LogP contribution in [0.2, 0.25) is 5.02 Å². The molecule has 2 heterocycles. The first-order valence-corrected chi connectivity index (χ1v) is 11.7. The van der Waals surface area contributed by atoms with Gasteiger partial charge in [-0.1, -0.05) is 41.9 Å². The fourth-order valence-corrected chi connectivity index (χ4v) is 4.50.